The van der Waals surface area contributed by atoms with Gasteiger partial charge in [-0.1, -0.05) is 12.1 Å². The number of halogens is 3. The van der Waals surface area contributed by atoms with E-state index in [0.29, 0.717) is 16.7 Å². The van der Waals surface area contributed by atoms with Crippen molar-refractivity contribution in [1.29, 1.82) is 5.26 Å². The average Bonchev–Trinajstić information content (AvgIpc) is 2.37. The minimum Gasteiger partial charge on any atom is -0.399 e. The standard InChI is InChI=1S/C14H9F3N2/c15-14(16,17)12-5-11(6-13(19)7-12)10-3-1-9(8-18)2-4-10/h1-7H,19H2. The third-order valence-corrected chi connectivity index (χ3v) is 2.63. The number of nitriles is 1. The lowest BCUT2D eigenvalue weighted by Gasteiger charge is -2.10. The van der Waals surface area contributed by atoms with Crippen LogP contribution in [0.3, 0.4) is 0 Å². The van der Waals surface area contributed by atoms with E-state index in [2.05, 4.69) is 0 Å². The number of benzene rings is 2. The fourth-order valence-corrected chi connectivity index (χ4v) is 1.72. The van der Waals surface area contributed by atoms with Gasteiger partial charge in [0.15, 0.2) is 0 Å². The van der Waals surface area contributed by atoms with Crippen molar-refractivity contribution in [1.82, 2.24) is 0 Å². The minimum atomic E-state index is -4.43. The van der Waals surface area contributed by atoms with Crippen LogP contribution in [-0.2, 0) is 6.18 Å². The molecule has 0 aromatic heterocycles. The van der Waals surface area contributed by atoms with E-state index in [9.17, 15) is 13.2 Å². The van der Waals surface area contributed by atoms with E-state index >= 15 is 0 Å². The maximum Gasteiger partial charge on any atom is 0.416 e. The number of alkyl halides is 3. The van der Waals surface area contributed by atoms with E-state index < -0.39 is 11.7 Å². The monoisotopic (exact) mass is 262 g/mol. The van der Waals surface area contributed by atoms with Crippen LogP contribution in [0.2, 0.25) is 0 Å². The van der Waals surface area contributed by atoms with Crippen molar-refractivity contribution in [3.05, 3.63) is 53.6 Å². The van der Waals surface area contributed by atoms with E-state index in [1.807, 2.05) is 6.07 Å². The van der Waals surface area contributed by atoms with Gasteiger partial charge in [0.05, 0.1) is 17.2 Å². The summed E-state index contributed by atoms with van der Waals surface area (Å²) in [6, 6.07) is 11.6. The largest absolute Gasteiger partial charge is 0.416 e. The summed E-state index contributed by atoms with van der Waals surface area (Å²) in [6.45, 7) is 0. The Balaban J connectivity index is 2.50. The average molecular weight is 262 g/mol. The maximum absolute atomic E-state index is 12.7. The van der Waals surface area contributed by atoms with Crippen molar-refractivity contribution in [3.63, 3.8) is 0 Å². The molecule has 2 rings (SSSR count). The molecule has 2 aromatic rings. The normalized spacial score (nSPS) is 11.1. The molecule has 0 aliphatic heterocycles. The zero-order valence-electron chi connectivity index (χ0n) is 9.70. The number of nitrogen functional groups attached to an aromatic ring is 1. The summed E-state index contributed by atoms with van der Waals surface area (Å²) >= 11 is 0. The molecule has 2 aromatic carbocycles. The summed E-state index contributed by atoms with van der Waals surface area (Å²) in [4.78, 5) is 0. The molecular formula is C14H9F3N2. The van der Waals surface area contributed by atoms with Crippen LogP contribution >= 0.6 is 0 Å². The predicted octanol–water partition coefficient (Wildman–Crippen LogP) is 3.83. The Morgan fingerprint density at radius 1 is 0.947 bits per heavy atom. The molecule has 19 heavy (non-hydrogen) atoms. The third-order valence-electron chi connectivity index (χ3n) is 2.63. The van der Waals surface area contributed by atoms with Gasteiger partial charge in [0.2, 0.25) is 0 Å². The highest BCUT2D eigenvalue weighted by Gasteiger charge is 2.31. The Morgan fingerprint density at radius 3 is 2.11 bits per heavy atom. The van der Waals surface area contributed by atoms with Crippen LogP contribution in [0.4, 0.5) is 18.9 Å². The number of nitrogens with two attached hydrogens (primary N) is 1. The lowest BCUT2D eigenvalue weighted by Crippen LogP contribution is -2.06. The molecule has 0 saturated carbocycles. The maximum atomic E-state index is 12.7. The Hall–Kier alpha value is -2.48. The highest BCUT2D eigenvalue weighted by atomic mass is 19.4. The van der Waals surface area contributed by atoms with Gasteiger partial charge in [0.25, 0.3) is 0 Å². The van der Waals surface area contributed by atoms with Crippen LogP contribution in [0.15, 0.2) is 42.5 Å². The molecule has 0 unspecified atom stereocenters. The summed E-state index contributed by atoms with van der Waals surface area (Å²) in [7, 11) is 0. The fraction of sp³-hybridized carbons (Fsp3) is 0.0714. The quantitative estimate of drug-likeness (QED) is 0.794. The highest BCUT2D eigenvalue weighted by Crippen LogP contribution is 2.34. The first-order valence-electron chi connectivity index (χ1n) is 5.38. The second-order valence-corrected chi connectivity index (χ2v) is 4.03. The van der Waals surface area contributed by atoms with Crippen LogP contribution in [0.5, 0.6) is 0 Å². The highest BCUT2D eigenvalue weighted by molar-refractivity contribution is 5.69. The van der Waals surface area contributed by atoms with Crippen LogP contribution in [0.25, 0.3) is 11.1 Å². The van der Waals surface area contributed by atoms with Crippen molar-refractivity contribution < 1.29 is 13.2 Å². The number of anilines is 1. The topological polar surface area (TPSA) is 49.8 Å². The molecule has 0 aliphatic carbocycles. The molecule has 0 aliphatic rings. The summed E-state index contributed by atoms with van der Waals surface area (Å²) in [5, 5.41) is 8.68. The van der Waals surface area contributed by atoms with Crippen molar-refractivity contribution in [3.8, 4) is 17.2 Å². The lowest BCUT2D eigenvalue weighted by molar-refractivity contribution is -0.137. The molecule has 0 heterocycles. The molecule has 0 amide bonds. The van der Waals surface area contributed by atoms with Gasteiger partial charge in [-0.15, -0.1) is 0 Å². The zero-order valence-corrected chi connectivity index (χ0v) is 9.70. The first-order valence-corrected chi connectivity index (χ1v) is 5.38. The molecule has 0 radical (unpaired) electrons. The van der Waals surface area contributed by atoms with Crippen molar-refractivity contribution in [2.24, 2.45) is 0 Å². The molecule has 0 spiro atoms. The lowest BCUT2D eigenvalue weighted by atomic mass is 10.0. The van der Waals surface area contributed by atoms with Crippen molar-refractivity contribution in [2.75, 3.05) is 5.73 Å². The molecule has 0 bridgehead atoms. The number of rotatable bonds is 1. The van der Waals surface area contributed by atoms with E-state index in [-0.39, 0.29) is 5.69 Å². The van der Waals surface area contributed by atoms with E-state index in [1.165, 1.54) is 6.07 Å². The van der Waals surface area contributed by atoms with Crippen molar-refractivity contribution in [2.45, 2.75) is 6.18 Å². The molecule has 0 atom stereocenters. The molecule has 2 nitrogen and oxygen atoms in total. The van der Waals surface area contributed by atoms with E-state index in [0.717, 1.165) is 12.1 Å². The summed E-state index contributed by atoms with van der Waals surface area (Å²) in [6.07, 6.45) is -4.43. The van der Waals surface area contributed by atoms with Crippen LogP contribution < -0.4 is 5.73 Å². The van der Waals surface area contributed by atoms with Crippen LogP contribution in [-0.4, -0.2) is 0 Å². The zero-order chi connectivity index (χ0) is 14.0. The minimum absolute atomic E-state index is 0.0502. The summed E-state index contributed by atoms with van der Waals surface area (Å²) < 4.78 is 38.1. The summed E-state index contributed by atoms with van der Waals surface area (Å²) in [5.41, 5.74) is 6.16. The van der Waals surface area contributed by atoms with Gasteiger partial charge in [0.1, 0.15) is 0 Å². The van der Waals surface area contributed by atoms with Gasteiger partial charge in [-0.2, -0.15) is 18.4 Å². The molecule has 5 heteroatoms. The van der Waals surface area contributed by atoms with Gasteiger partial charge in [0, 0.05) is 5.69 Å². The number of hydrogen-bond acceptors (Lipinski definition) is 2. The fourth-order valence-electron chi connectivity index (χ4n) is 1.72. The van der Waals surface area contributed by atoms with Gasteiger partial charge in [-0.05, 0) is 41.5 Å². The second kappa shape index (κ2) is 4.65. The Morgan fingerprint density at radius 2 is 1.58 bits per heavy atom. The molecule has 0 fully saturated rings. The van der Waals surface area contributed by atoms with Gasteiger partial charge in [-0.25, -0.2) is 0 Å². The van der Waals surface area contributed by atoms with Crippen LogP contribution in [0, 0.1) is 11.3 Å². The second-order valence-electron chi connectivity index (χ2n) is 4.03. The van der Waals surface area contributed by atoms with Gasteiger partial charge < -0.3 is 5.73 Å². The van der Waals surface area contributed by atoms with E-state index in [4.69, 9.17) is 11.0 Å². The first kappa shape index (κ1) is 13.0. The first-order chi connectivity index (χ1) is 8.90. The summed E-state index contributed by atoms with van der Waals surface area (Å²) in [5.74, 6) is 0. The third kappa shape index (κ3) is 2.86. The van der Waals surface area contributed by atoms with Gasteiger partial charge in [-0.3, -0.25) is 0 Å². The SMILES string of the molecule is N#Cc1ccc(-c2cc(N)cc(C(F)(F)F)c2)cc1. The van der Waals surface area contributed by atoms with Gasteiger partial charge >= 0.3 is 6.18 Å². The predicted molar refractivity (Wildman–Crippen MR) is 66.0 cm³/mol. The molecular weight excluding hydrogens is 253 g/mol. The Kier molecular flexibility index (Phi) is 3.17. The number of hydrogen-bond donors (Lipinski definition) is 1. The van der Waals surface area contributed by atoms with Crippen LogP contribution in [0.1, 0.15) is 11.1 Å². The Bertz CT molecular complexity index is 637. The Labute approximate surface area is 107 Å². The molecule has 0 saturated heterocycles. The smallest absolute Gasteiger partial charge is 0.399 e. The van der Waals surface area contributed by atoms with E-state index in [1.54, 1.807) is 24.3 Å². The number of nitrogens with zero attached hydrogens (tertiary/aromatic N) is 1. The molecule has 2 N–H and O–H groups in total. The molecule has 96 valence electrons. The van der Waals surface area contributed by atoms with Crippen molar-refractivity contribution >= 4 is 5.69 Å².